The molecule has 0 fully saturated rings. The van der Waals surface area contributed by atoms with E-state index in [2.05, 4.69) is 15.4 Å². The zero-order chi connectivity index (χ0) is 13.4. The number of anilines is 1. The topological polar surface area (TPSA) is 63.1 Å². The monoisotopic (exact) mass is 257 g/mol. The van der Waals surface area contributed by atoms with Crippen LogP contribution in [-0.2, 0) is 6.54 Å². The summed E-state index contributed by atoms with van der Waals surface area (Å²) in [6.45, 7) is 1.35. The lowest BCUT2D eigenvalue weighted by atomic mass is 10.2. The highest BCUT2D eigenvalue weighted by Crippen LogP contribution is 2.22. The van der Waals surface area contributed by atoms with Gasteiger partial charge in [0, 0.05) is 32.4 Å². The smallest absolute Gasteiger partial charge is 0.269 e. The van der Waals surface area contributed by atoms with Crippen molar-refractivity contribution in [2.75, 3.05) is 25.5 Å². The molecule has 3 heterocycles. The second-order valence-electron chi connectivity index (χ2n) is 4.69. The minimum atomic E-state index is -0.0631. The third-order valence-electron chi connectivity index (χ3n) is 3.12. The number of fused-ring (bicyclic) bond motifs is 1. The molecule has 0 bridgehead atoms. The number of pyridine rings is 1. The van der Waals surface area contributed by atoms with Gasteiger partial charge in [-0.15, -0.1) is 0 Å². The van der Waals surface area contributed by atoms with Crippen molar-refractivity contribution in [3.8, 4) is 11.3 Å². The van der Waals surface area contributed by atoms with Crippen LogP contribution in [-0.4, -0.2) is 41.3 Å². The summed E-state index contributed by atoms with van der Waals surface area (Å²) in [5.41, 5.74) is 2.38. The van der Waals surface area contributed by atoms with Crippen LogP contribution in [0.3, 0.4) is 0 Å². The van der Waals surface area contributed by atoms with Gasteiger partial charge in [-0.05, 0) is 18.2 Å². The second-order valence-corrected chi connectivity index (χ2v) is 4.69. The molecule has 3 rings (SSSR count). The molecule has 2 aromatic rings. The Hall–Kier alpha value is -2.37. The van der Waals surface area contributed by atoms with Gasteiger partial charge in [0.1, 0.15) is 11.5 Å². The molecule has 0 radical (unpaired) electrons. The van der Waals surface area contributed by atoms with Crippen molar-refractivity contribution in [1.29, 1.82) is 0 Å². The van der Waals surface area contributed by atoms with E-state index in [4.69, 9.17) is 0 Å². The molecular formula is C13H15N5O. The van der Waals surface area contributed by atoms with Gasteiger partial charge in [-0.3, -0.25) is 9.48 Å². The van der Waals surface area contributed by atoms with Crippen LogP contribution in [0.25, 0.3) is 11.3 Å². The van der Waals surface area contributed by atoms with Crippen LogP contribution in [0.15, 0.2) is 24.4 Å². The first kappa shape index (κ1) is 11.7. The predicted molar refractivity (Wildman–Crippen MR) is 72.1 cm³/mol. The van der Waals surface area contributed by atoms with E-state index < -0.39 is 0 Å². The van der Waals surface area contributed by atoms with Gasteiger partial charge in [0.15, 0.2) is 0 Å². The number of nitrogens with zero attached hydrogens (tertiary/aromatic N) is 4. The molecule has 0 atom stereocenters. The summed E-state index contributed by atoms with van der Waals surface area (Å²) in [4.78, 5) is 17.9. The van der Waals surface area contributed by atoms with Crippen LogP contribution in [0.5, 0.6) is 0 Å². The summed E-state index contributed by atoms with van der Waals surface area (Å²) in [5, 5.41) is 7.29. The average molecular weight is 257 g/mol. The van der Waals surface area contributed by atoms with E-state index in [1.165, 1.54) is 0 Å². The van der Waals surface area contributed by atoms with Gasteiger partial charge in [0.05, 0.1) is 12.2 Å². The maximum absolute atomic E-state index is 11.7. The Bertz CT molecular complexity index is 632. The van der Waals surface area contributed by atoms with Crippen molar-refractivity contribution in [3.05, 3.63) is 30.1 Å². The SMILES string of the molecule is CN(C)c1cc(-c2cc3n(n2)CCNC3=O)ccn1. The fraction of sp³-hybridized carbons (Fsp3) is 0.308. The summed E-state index contributed by atoms with van der Waals surface area (Å²) >= 11 is 0. The number of carbonyl (C=O) groups is 1. The fourth-order valence-corrected chi connectivity index (χ4v) is 2.10. The molecule has 0 spiro atoms. The van der Waals surface area contributed by atoms with Gasteiger partial charge < -0.3 is 10.2 Å². The zero-order valence-corrected chi connectivity index (χ0v) is 10.9. The molecule has 0 aliphatic carbocycles. The van der Waals surface area contributed by atoms with Gasteiger partial charge in [-0.1, -0.05) is 0 Å². The molecule has 0 aromatic carbocycles. The Balaban J connectivity index is 2.03. The number of nitrogens with one attached hydrogen (secondary N) is 1. The van der Waals surface area contributed by atoms with Crippen LogP contribution < -0.4 is 10.2 Å². The lowest BCUT2D eigenvalue weighted by molar-refractivity contribution is 0.0924. The van der Waals surface area contributed by atoms with E-state index in [9.17, 15) is 4.79 Å². The standard InChI is InChI=1S/C13H15N5O/c1-17(2)12-7-9(3-4-14-12)10-8-11-13(19)15-5-6-18(11)16-10/h3-4,7-8H,5-6H2,1-2H3,(H,15,19). The molecule has 2 aromatic heterocycles. The first-order valence-electron chi connectivity index (χ1n) is 6.15. The molecule has 1 aliphatic heterocycles. The third-order valence-corrected chi connectivity index (χ3v) is 3.12. The molecule has 98 valence electrons. The van der Waals surface area contributed by atoms with Crippen molar-refractivity contribution in [1.82, 2.24) is 20.1 Å². The van der Waals surface area contributed by atoms with E-state index in [1.807, 2.05) is 37.2 Å². The van der Waals surface area contributed by atoms with Crippen molar-refractivity contribution in [3.63, 3.8) is 0 Å². The molecule has 6 nitrogen and oxygen atoms in total. The maximum atomic E-state index is 11.7. The lowest BCUT2D eigenvalue weighted by Gasteiger charge is -2.13. The minimum Gasteiger partial charge on any atom is -0.363 e. The maximum Gasteiger partial charge on any atom is 0.269 e. The normalized spacial score (nSPS) is 13.9. The molecule has 19 heavy (non-hydrogen) atoms. The van der Waals surface area contributed by atoms with Gasteiger partial charge in [-0.25, -0.2) is 4.98 Å². The molecule has 0 saturated heterocycles. The number of hydrogen-bond donors (Lipinski definition) is 1. The number of rotatable bonds is 2. The van der Waals surface area contributed by atoms with Gasteiger partial charge in [0.25, 0.3) is 5.91 Å². The van der Waals surface area contributed by atoms with E-state index >= 15 is 0 Å². The summed E-state index contributed by atoms with van der Waals surface area (Å²) in [6, 6.07) is 5.69. The largest absolute Gasteiger partial charge is 0.363 e. The van der Waals surface area contributed by atoms with Crippen molar-refractivity contribution < 1.29 is 4.79 Å². The molecule has 6 heteroatoms. The molecule has 0 saturated carbocycles. The number of aromatic nitrogens is 3. The van der Waals surface area contributed by atoms with E-state index in [-0.39, 0.29) is 5.91 Å². The number of hydrogen-bond acceptors (Lipinski definition) is 4. The number of amides is 1. The van der Waals surface area contributed by atoms with Crippen LogP contribution in [0, 0.1) is 0 Å². The Morgan fingerprint density at radius 2 is 2.21 bits per heavy atom. The Kier molecular flexibility index (Phi) is 2.70. The van der Waals surface area contributed by atoms with E-state index in [0.717, 1.165) is 17.1 Å². The van der Waals surface area contributed by atoms with Crippen LogP contribution >= 0.6 is 0 Å². The zero-order valence-electron chi connectivity index (χ0n) is 10.9. The van der Waals surface area contributed by atoms with Crippen molar-refractivity contribution >= 4 is 11.7 Å². The fourth-order valence-electron chi connectivity index (χ4n) is 2.10. The molecule has 1 amide bonds. The van der Waals surface area contributed by atoms with Crippen LogP contribution in [0.1, 0.15) is 10.5 Å². The highest BCUT2D eigenvalue weighted by atomic mass is 16.2. The summed E-state index contributed by atoms with van der Waals surface area (Å²) in [6.07, 6.45) is 1.75. The summed E-state index contributed by atoms with van der Waals surface area (Å²) < 4.78 is 1.75. The van der Waals surface area contributed by atoms with Gasteiger partial charge >= 0.3 is 0 Å². The summed E-state index contributed by atoms with van der Waals surface area (Å²) in [5.74, 6) is 0.805. The van der Waals surface area contributed by atoms with Crippen molar-refractivity contribution in [2.24, 2.45) is 0 Å². The molecule has 1 N–H and O–H groups in total. The Labute approximate surface area is 111 Å². The second kappa shape index (κ2) is 4.38. The Morgan fingerprint density at radius 3 is 2.95 bits per heavy atom. The Morgan fingerprint density at radius 1 is 1.37 bits per heavy atom. The van der Waals surface area contributed by atoms with E-state index in [1.54, 1.807) is 10.9 Å². The average Bonchev–Trinajstić information content (AvgIpc) is 2.84. The third kappa shape index (κ3) is 2.05. The summed E-state index contributed by atoms with van der Waals surface area (Å²) in [7, 11) is 3.88. The quantitative estimate of drug-likeness (QED) is 0.862. The minimum absolute atomic E-state index is 0.0631. The predicted octanol–water partition coefficient (Wildman–Crippen LogP) is 0.754. The van der Waals surface area contributed by atoms with Crippen LogP contribution in [0.4, 0.5) is 5.82 Å². The first-order valence-corrected chi connectivity index (χ1v) is 6.15. The first-order chi connectivity index (χ1) is 9.15. The van der Waals surface area contributed by atoms with Crippen LogP contribution in [0.2, 0.25) is 0 Å². The molecular weight excluding hydrogens is 242 g/mol. The van der Waals surface area contributed by atoms with Gasteiger partial charge in [-0.2, -0.15) is 5.10 Å². The molecule has 0 unspecified atom stereocenters. The highest BCUT2D eigenvalue weighted by molar-refractivity contribution is 5.94. The number of carbonyl (C=O) groups excluding carboxylic acids is 1. The molecule has 1 aliphatic rings. The van der Waals surface area contributed by atoms with Crippen molar-refractivity contribution in [2.45, 2.75) is 6.54 Å². The lowest BCUT2D eigenvalue weighted by Crippen LogP contribution is -2.35. The van der Waals surface area contributed by atoms with E-state index in [0.29, 0.717) is 18.8 Å². The highest BCUT2D eigenvalue weighted by Gasteiger charge is 2.19. The van der Waals surface area contributed by atoms with Gasteiger partial charge in [0.2, 0.25) is 0 Å².